The number of pyridine rings is 1. The van der Waals surface area contributed by atoms with E-state index in [1.165, 1.54) is 0 Å². The third-order valence-electron chi connectivity index (χ3n) is 3.42. The van der Waals surface area contributed by atoms with Crippen LogP contribution in [-0.4, -0.2) is 16.8 Å². The molecule has 1 aromatic carbocycles. The summed E-state index contributed by atoms with van der Waals surface area (Å²) in [5, 5.41) is 0.899. The minimum Gasteiger partial charge on any atom is -0.366 e. The number of aryl methyl sites for hydroxylation is 2. The first-order valence-corrected chi connectivity index (χ1v) is 6.55. The predicted octanol–water partition coefficient (Wildman–Crippen LogP) is 1.56. The molecule has 5 nitrogen and oxygen atoms in total. The van der Waals surface area contributed by atoms with Crippen LogP contribution in [-0.2, 0) is 12.8 Å². The maximum Gasteiger partial charge on any atom is 0.268 e. The summed E-state index contributed by atoms with van der Waals surface area (Å²) in [5.74, 6) is -1.41. The second-order valence-electron chi connectivity index (χ2n) is 4.56. The third-order valence-corrected chi connectivity index (χ3v) is 3.42. The van der Waals surface area contributed by atoms with E-state index in [9.17, 15) is 9.59 Å². The van der Waals surface area contributed by atoms with E-state index in [1.54, 1.807) is 0 Å². The van der Waals surface area contributed by atoms with Crippen LogP contribution in [0.3, 0.4) is 0 Å². The van der Waals surface area contributed by atoms with E-state index in [1.807, 2.05) is 32.0 Å². The van der Waals surface area contributed by atoms with Crippen LogP contribution in [0.15, 0.2) is 18.2 Å². The van der Waals surface area contributed by atoms with Crippen molar-refractivity contribution < 1.29 is 9.59 Å². The van der Waals surface area contributed by atoms with Crippen molar-refractivity contribution >= 4 is 22.7 Å². The number of carbonyl (C=O) groups excluding carboxylic acids is 2. The van der Waals surface area contributed by atoms with E-state index >= 15 is 0 Å². The number of carbonyl (C=O) groups is 2. The molecular weight excluding hydrogens is 254 g/mol. The van der Waals surface area contributed by atoms with E-state index in [0.717, 1.165) is 22.9 Å². The molecule has 1 heterocycles. The van der Waals surface area contributed by atoms with Gasteiger partial charge in [-0.05, 0) is 30.0 Å². The lowest BCUT2D eigenvalue weighted by molar-refractivity contribution is 0.0963. The van der Waals surface area contributed by atoms with Crippen LogP contribution in [0, 0.1) is 0 Å². The van der Waals surface area contributed by atoms with Gasteiger partial charge in [-0.25, -0.2) is 4.98 Å². The Kier molecular flexibility index (Phi) is 3.70. The highest BCUT2D eigenvalue weighted by Gasteiger charge is 2.22. The van der Waals surface area contributed by atoms with Crippen LogP contribution in [0.2, 0.25) is 0 Å². The molecule has 0 aliphatic carbocycles. The fourth-order valence-corrected chi connectivity index (χ4v) is 2.56. The fourth-order valence-electron chi connectivity index (χ4n) is 2.56. The molecule has 2 amide bonds. The number of primary amides is 2. The van der Waals surface area contributed by atoms with Crippen LogP contribution in [0.1, 0.15) is 45.8 Å². The van der Waals surface area contributed by atoms with Crippen LogP contribution >= 0.6 is 0 Å². The molecule has 0 bridgehead atoms. The second-order valence-corrected chi connectivity index (χ2v) is 4.56. The summed E-state index contributed by atoms with van der Waals surface area (Å²) in [5.41, 5.74) is 13.3. The Bertz CT molecular complexity index is 708. The first kappa shape index (κ1) is 14.0. The smallest absolute Gasteiger partial charge is 0.268 e. The zero-order valence-electron chi connectivity index (χ0n) is 11.6. The quantitative estimate of drug-likeness (QED) is 0.882. The number of hydrogen-bond donors (Lipinski definition) is 2. The highest BCUT2D eigenvalue weighted by atomic mass is 16.2. The Hall–Kier alpha value is -2.43. The van der Waals surface area contributed by atoms with Gasteiger partial charge in [0.05, 0.1) is 11.1 Å². The fraction of sp³-hybridized carbons (Fsp3) is 0.267. The van der Waals surface area contributed by atoms with Gasteiger partial charge < -0.3 is 11.5 Å². The van der Waals surface area contributed by atoms with E-state index < -0.39 is 11.8 Å². The molecule has 0 aliphatic heterocycles. The van der Waals surface area contributed by atoms with Gasteiger partial charge in [0.1, 0.15) is 5.69 Å². The predicted molar refractivity (Wildman–Crippen MR) is 77.5 cm³/mol. The standard InChI is InChI=1S/C15H17N3O2/c1-3-8-6-5-7-10-11(8)9(4-2)12(14(16)19)13(18-10)15(17)20/h5-7H,3-4H2,1-2H3,(H2,16,19)(H2,17,20). The Balaban J connectivity index is 3.02. The maximum atomic E-state index is 11.7. The van der Waals surface area contributed by atoms with Gasteiger partial charge in [-0.2, -0.15) is 0 Å². The average molecular weight is 271 g/mol. The molecule has 20 heavy (non-hydrogen) atoms. The molecule has 5 heteroatoms. The summed E-state index contributed by atoms with van der Waals surface area (Å²) in [6.07, 6.45) is 1.38. The number of hydrogen-bond acceptors (Lipinski definition) is 3. The zero-order valence-corrected chi connectivity index (χ0v) is 11.6. The summed E-state index contributed by atoms with van der Waals surface area (Å²) in [6.45, 7) is 3.94. The molecule has 4 N–H and O–H groups in total. The van der Waals surface area contributed by atoms with Gasteiger partial charge in [0, 0.05) is 5.39 Å². The molecular formula is C15H17N3O2. The number of rotatable bonds is 4. The van der Waals surface area contributed by atoms with Gasteiger partial charge >= 0.3 is 0 Å². The highest BCUT2D eigenvalue weighted by molar-refractivity contribution is 6.09. The molecule has 0 saturated heterocycles. The summed E-state index contributed by atoms with van der Waals surface area (Å²) < 4.78 is 0. The first-order valence-electron chi connectivity index (χ1n) is 6.55. The lowest BCUT2D eigenvalue weighted by Gasteiger charge is -2.14. The molecule has 1 aromatic heterocycles. The number of nitrogens with two attached hydrogens (primary N) is 2. The summed E-state index contributed by atoms with van der Waals surface area (Å²) in [7, 11) is 0. The van der Waals surface area contributed by atoms with Gasteiger partial charge in [0.25, 0.3) is 11.8 Å². The van der Waals surface area contributed by atoms with Gasteiger partial charge in [0.15, 0.2) is 0 Å². The molecule has 0 atom stereocenters. The van der Waals surface area contributed by atoms with Gasteiger partial charge in [-0.15, -0.1) is 0 Å². The lowest BCUT2D eigenvalue weighted by atomic mass is 9.93. The number of amides is 2. The summed E-state index contributed by atoms with van der Waals surface area (Å²) >= 11 is 0. The zero-order chi connectivity index (χ0) is 14.9. The van der Waals surface area contributed by atoms with Gasteiger partial charge in [0.2, 0.25) is 0 Å². The van der Waals surface area contributed by atoms with E-state index in [0.29, 0.717) is 11.9 Å². The molecule has 0 spiro atoms. The first-order chi connectivity index (χ1) is 9.51. The van der Waals surface area contributed by atoms with E-state index in [4.69, 9.17) is 11.5 Å². The van der Waals surface area contributed by atoms with Crippen molar-refractivity contribution in [1.82, 2.24) is 4.98 Å². The normalized spacial score (nSPS) is 10.7. The van der Waals surface area contributed by atoms with Crippen molar-refractivity contribution in [3.63, 3.8) is 0 Å². The number of nitrogens with zero attached hydrogens (tertiary/aromatic N) is 1. The second kappa shape index (κ2) is 5.28. The van der Waals surface area contributed by atoms with Crippen molar-refractivity contribution in [1.29, 1.82) is 0 Å². The Morgan fingerprint density at radius 2 is 1.80 bits per heavy atom. The summed E-state index contributed by atoms with van der Waals surface area (Å²) in [4.78, 5) is 27.5. The monoisotopic (exact) mass is 271 g/mol. The third kappa shape index (κ3) is 2.11. The molecule has 0 fully saturated rings. The number of fused-ring (bicyclic) bond motifs is 1. The van der Waals surface area contributed by atoms with Crippen molar-refractivity contribution in [3.05, 3.63) is 40.6 Å². The Morgan fingerprint density at radius 3 is 2.30 bits per heavy atom. The van der Waals surface area contributed by atoms with Gasteiger partial charge in [-0.3, -0.25) is 9.59 Å². The van der Waals surface area contributed by atoms with Crippen molar-refractivity contribution in [2.24, 2.45) is 11.5 Å². The van der Waals surface area contributed by atoms with Crippen LogP contribution in [0.25, 0.3) is 10.9 Å². The van der Waals surface area contributed by atoms with Crippen molar-refractivity contribution in [2.75, 3.05) is 0 Å². The minimum absolute atomic E-state index is 0.0462. The molecule has 104 valence electrons. The van der Waals surface area contributed by atoms with Crippen molar-refractivity contribution in [2.45, 2.75) is 26.7 Å². The van der Waals surface area contributed by atoms with Gasteiger partial charge in [-0.1, -0.05) is 26.0 Å². The minimum atomic E-state index is -0.739. The average Bonchev–Trinajstić information content (AvgIpc) is 2.43. The topological polar surface area (TPSA) is 99.1 Å². The highest BCUT2D eigenvalue weighted by Crippen LogP contribution is 2.27. The lowest BCUT2D eigenvalue weighted by Crippen LogP contribution is -2.24. The largest absolute Gasteiger partial charge is 0.366 e. The summed E-state index contributed by atoms with van der Waals surface area (Å²) in [6, 6.07) is 5.67. The van der Waals surface area contributed by atoms with Crippen LogP contribution < -0.4 is 11.5 Å². The van der Waals surface area contributed by atoms with E-state index in [2.05, 4.69) is 4.98 Å². The Labute approximate surface area is 117 Å². The molecule has 0 unspecified atom stereocenters. The molecule has 2 rings (SSSR count). The maximum absolute atomic E-state index is 11.7. The Morgan fingerprint density at radius 1 is 1.10 bits per heavy atom. The van der Waals surface area contributed by atoms with Crippen molar-refractivity contribution in [3.8, 4) is 0 Å². The van der Waals surface area contributed by atoms with Crippen LogP contribution in [0.5, 0.6) is 0 Å². The number of benzene rings is 1. The number of aromatic nitrogens is 1. The molecule has 0 radical (unpaired) electrons. The molecule has 0 aliphatic rings. The SMILES string of the molecule is CCc1cccc2nc(C(N)=O)c(C(N)=O)c(CC)c12. The molecule has 0 saturated carbocycles. The van der Waals surface area contributed by atoms with E-state index in [-0.39, 0.29) is 11.3 Å². The van der Waals surface area contributed by atoms with Crippen LogP contribution in [0.4, 0.5) is 0 Å². The molecule has 2 aromatic rings.